The van der Waals surface area contributed by atoms with E-state index < -0.39 is 0 Å². The van der Waals surface area contributed by atoms with Crippen LogP contribution in [0, 0.1) is 5.82 Å². The molecule has 0 amide bonds. The van der Waals surface area contributed by atoms with Gasteiger partial charge in [-0.05, 0) is 42.0 Å². The number of H-pyrrole nitrogens is 2. The summed E-state index contributed by atoms with van der Waals surface area (Å²) in [6.45, 7) is 4.80. The van der Waals surface area contributed by atoms with Crippen LogP contribution in [-0.2, 0) is 5.41 Å². The quantitative estimate of drug-likeness (QED) is 0.493. The Hall–Kier alpha value is -3.48. The van der Waals surface area contributed by atoms with Gasteiger partial charge in [-0.25, -0.2) is 9.18 Å². The normalized spacial score (nSPS) is 11.7. The van der Waals surface area contributed by atoms with Gasteiger partial charge in [0.15, 0.2) is 0 Å². The molecule has 0 aliphatic rings. The van der Waals surface area contributed by atoms with Crippen LogP contribution in [0.25, 0.3) is 22.3 Å². The van der Waals surface area contributed by atoms with Gasteiger partial charge in [-0.15, -0.1) is 10.2 Å². The summed E-state index contributed by atoms with van der Waals surface area (Å²) in [6.07, 6.45) is 0. The number of hydrogen-bond donors (Lipinski definition) is 3. The molecule has 2 aromatic heterocycles. The highest BCUT2D eigenvalue weighted by Crippen LogP contribution is 2.24. The summed E-state index contributed by atoms with van der Waals surface area (Å²) in [5.41, 5.74) is 3.68. The van der Waals surface area contributed by atoms with E-state index in [-0.39, 0.29) is 16.9 Å². The minimum Gasteiger partial charge on any atom is -0.368 e. The number of nitrogens with one attached hydrogen (secondary N) is 3. The lowest BCUT2D eigenvalue weighted by Crippen LogP contribution is -2.28. The number of nitrogens with zero attached hydrogens (tertiary/aromatic N) is 2. The highest BCUT2D eigenvalue weighted by molar-refractivity contribution is 5.80. The Bertz CT molecular complexity index is 1160. The molecule has 0 spiro atoms. The number of hydrogen-bond acceptors (Lipinski definition) is 4. The van der Waals surface area contributed by atoms with Crippen molar-refractivity contribution in [3.8, 4) is 11.3 Å². The van der Waals surface area contributed by atoms with Gasteiger partial charge in [0.2, 0.25) is 0 Å². The summed E-state index contributed by atoms with van der Waals surface area (Å²) in [4.78, 5) is 16.8. The smallest absolute Gasteiger partial charge is 0.323 e. The molecule has 3 N–H and O–H groups in total. The molecule has 2 aromatic carbocycles. The third-order valence-corrected chi connectivity index (χ3v) is 4.81. The number of fused-ring (bicyclic) bond motifs is 1. The van der Waals surface area contributed by atoms with Gasteiger partial charge in [0, 0.05) is 17.5 Å². The minimum absolute atomic E-state index is 0.195. The van der Waals surface area contributed by atoms with Gasteiger partial charge in [0.25, 0.3) is 0 Å². The monoisotopic (exact) mass is 377 g/mol. The molecule has 0 bridgehead atoms. The van der Waals surface area contributed by atoms with Crippen molar-refractivity contribution in [2.75, 3.05) is 11.9 Å². The number of aromatic nitrogens is 4. The maximum atomic E-state index is 13.1. The first-order valence-electron chi connectivity index (χ1n) is 8.97. The van der Waals surface area contributed by atoms with E-state index in [9.17, 15) is 9.18 Å². The third kappa shape index (κ3) is 3.64. The zero-order valence-electron chi connectivity index (χ0n) is 15.6. The van der Waals surface area contributed by atoms with Crippen LogP contribution in [0.4, 0.5) is 10.2 Å². The fourth-order valence-electron chi connectivity index (χ4n) is 3.09. The summed E-state index contributed by atoms with van der Waals surface area (Å²) >= 11 is 0. The van der Waals surface area contributed by atoms with Gasteiger partial charge >= 0.3 is 5.69 Å². The van der Waals surface area contributed by atoms with Crippen LogP contribution in [0.3, 0.4) is 0 Å². The second-order valence-electron chi connectivity index (χ2n) is 7.39. The van der Waals surface area contributed by atoms with Crippen molar-refractivity contribution < 1.29 is 4.39 Å². The lowest BCUT2D eigenvalue weighted by atomic mass is 9.84. The summed E-state index contributed by atoms with van der Waals surface area (Å²) in [7, 11) is 0. The molecular weight excluding hydrogens is 357 g/mol. The molecule has 0 radical (unpaired) electrons. The molecule has 0 aliphatic carbocycles. The zero-order chi connectivity index (χ0) is 19.7. The minimum atomic E-state index is -0.240. The highest BCUT2D eigenvalue weighted by Gasteiger charge is 2.20. The SMILES string of the molecule is CC(C)(CNc1ccc(-c2ccc3[nH]c(=O)[nH]c3c2)nn1)c1ccc(F)cc1. The van der Waals surface area contributed by atoms with Crippen LogP contribution in [-0.4, -0.2) is 26.7 Å². The fourth-order valence-corrected chi connectivity index (χ4v) is 3.09. The number of aromatic amines is 2. The van der Waals surface area contributed by atoms with E-state index in [4.69, 9.17) is 0 Å². The lowest BCUT2D eigenvalue weighted by molar-refractivity contribution is 0.552. The summed E-state index contributed by atoms with van der Waals surface area (Å²) in [5.74, 6) is 0.422. The van der Waals surface area contributed by atoms with E-state index in [1.165, 1.54) is 12.1 Å². The molecule has 4 rings (SSSR count). The Labute approximate surface area is 160 Å². The van der Waals surface area contributed by atoms with Crippen molar-refractivity contribution in [1.29, 1.82) is 0 Å². The first-order valence-corrected chi connectivity index (χ1v) is 8.97. The molecule has 142 valence electrons. The van der Waals surface area contributed by atoms with Crippen LogP contribution in [0.2, 0.25) is 0 Å². The Morgan fingerprint density at radius 1 is 0.964 bits per heavy atom. The number of rotatable bonds is 5. The van der Waals surface area contributed by atoms with Crippen molar-refractivity contribution in [1.82, 2.24) is 20.2 Å². The Balaban J connectivity index is 1.48. The molecule has 6 nitrogen and oxygen atoms in total. The number of benzene rings is 2. The summed E-state index contributed by atoms with van der Waals surface area (Å²) < 4.78 is 13.1. The Kier molecular flexibility index (Phi) is 4.43. The summed E-state index contributed by atoms with van der Waals surface area (Å²) in [5, 5.41) is 11.8. The molecule has 0 unspecified atom stereocenters. The van der Waals surface area contributed by atoms with E-state index in [1.54, 1.807) is 12.1 Å². The van der Waals surface area contributed by atoms with E-state index in [1.807, 2.05) is 30.3 Å². The second kappa shape index (κ2) is 6.92. The number of halogens is 1. The molecule has 0 saturated carbocycles. The van der Waals surface area contributed by atoms with E-state index in [2.05, 4.69) is 39.3 Å². The molecule has 0 fully saturated rings. The zero-order valence-corrected chi connectivity index (χ0v) is 15.6. The molecular formula is C21H20FN5O. The summed E-state index contributed by atoms with van der Waals surface area (Å²) in [6, 6.07) is 15.9. The van der Waals surface area contributed by atoms with E-state index in [0.29, 0.717) is 18.1 Å². The van der Waals surface area contributed by atoms with Crippen molar-refractivity contribution in [3.05, 3.63) is 76.5 Å². The van der Waals surface area contributed by atoms with E-state index >= 15 is 0 Å². The largest absolute Gasteiger partial charge is 0.368 e. The highest BCUT2D eigenvalue weighted by atomic mass is 19.1. The predicted octanol–water partition coefficient (Wildman–Crippen LogP) is 3.84. The standard InChI is InChI=1S/C21H20FN5O/c1-21(2,14-4-6-15(22)7-5-14)12-23-19-10-9-16(26-27-19)13-3-8-17-18(11-13)25-20(28)24-17/h3-11H,12H2,1-2H3,(H,23,27)(H2,24,25,28). The van der Waals surface area contributed by atoms with Crippen molar-refractivity contribution in [2.24, 2.45) is 0 Å². The fraction of sp³-hybridized carbons (Fsp3) is 0.190. The average Bonchev–Trinajstić information content (AvgIpc) is 3.06. The first-order chi connectivity index (χ1) is 13.4. The van der Waals surface area contributed by atoms with Gasteiger partial charge in [-0.1, -0.05) is 32.0 Å². The van der Waals surface area contributed by atoms with Crippen molar-refractivity contribution in [3.63, 3.8) is 0 Å². The number of anilines is 1. The molecule has 2 heterocycles. The van der Waals surface area contributed by atoms with Crippen LogP contribution < -0.4 is 11.0 Å². The van der Waals surface area contributed by atoms with E-state index in [0.717, 1.165) is 22.2 Å². The van der Waals surface area contributed by atoms with Crippen molar-refractivity contribution >= 4 is 16.9 Å². The molecule has 0 atom stereocenters. The van der Waals surface area contributed by atoms with Gasteiger partial charge < -0.3 is 15.3 Å². The predicted molar refractivity (Wildman–Crippen MR) is 108 cm³/mol. The first kappa shape index (κ1) is 17.9. The lowest BCUT2D eigenvalue weighted by Gasteiger charge is -2.25. The molecule has 7 heteroatoms. The van der Waals surface area contributed by atoms with Crippen LogP contribution >= 0.6 is 0 Å². The van der Waals surface area contributed by atoms with Gasteiger partial charge in [-0.2, -0.15) is 0 Å². The van der Waals surface area contributed by atoms with Crippen LogP contribution in [0.1, 0.15) is 19.4 Å². The topological polar surface area (TPSA) is 86.5 Å². The van der Waals surface area contributed by atoms with Gasteiger partial charge in [0.05, 0.1) is 16.7 Å². The number of imidazole rings is 1. The third-order valence-electron chi connectivity index (χ3n) is 4.81. The maximum absolute atomic E-state index is 13.1. The average molecular weight is 377 g/mol. The Morgan fingerprint density at radius 3 is 2.43 bits per heavy atom. The van der Waals surface area contributed by atoms with Crippen LogP contribution in [0.15, 0.2) is 59.4 Å². The molecule has 4 aromatic rings. The van der Waals surface area contributed by atoms with Crippen molar-refractivity contribution in [2.45, 2.75) is 19.3 Å². The van der Waals surface area contributed by atoms with Gasteiger partial charge in [-0.3, -0.25) is 0 Å². The van der Waals surface area contributed by atoms with Crippen LogP contribution in [0.5, 0.6) is 0 Å². The molecule has 28 heavy (non-hydrogen) atoms. The molecule has 0 saturated heterocycles. The molecule has 0 aliphatic heterocycles. The Morgan fingerprint density at radius 2 is 1.71 bits per heavy atom. The second-order valence-corrected chi connectivity index (χ2v) is 7.39. The van der Waals surface area contributed by atoms with Gasteiger partial charge in [0.1, 0.15) is 11.6 Å². The maximum Gasteiger partial charge on any atom is 0.323 e.